The largest absolute Gasteiger partial charge is 0.467 e. The Bertz CT molecular complexity index is 397. The minimum Gasteiger partial charge on any atom is -0.467 e. The summed E-state index contributed by atoms with van der Waals surface area (Å²) in [6.45, 7) is -1.33. The molecule has 0 radical (unpaired) electrons. The lowest BCUT2D eigenvalue weighted by Crippen LogP contribution is -2.24. The number of nitrogens with one attached hydrogen (secondary N) is 1. The molecule has 1 aromatic heterocycles. The van der Waals surface area contributed by atoms with Gasteiger partial charge in [0.1, 0.15) is 5.88 Å². The maximum absolute atomic E-state index is 11.8. The van der Waals surface area contributed by atoms with E-state index in [2.05, 4.69) is 20.3 Å². The Hall–Kier alpha value is -1.57. The van der Waals surface area contributed by atoms with Crippen LogP contribution in [0.15, 0.2) is 12.1 Å². The molecule has 0 aromatic carbocycles. The third kappa shape index (κ3) is 5.67. The Morgan fingerprint density at radius 2 is 2.11 bits per heavy atom. The van der Waals surface area contributed by atoms with Crippen molar-refractivity contribution in [1.29, 1.82) is 0 Å². The van der Waals surface area contributed by atoms with Crippen LogP contribution in [0.3, 0.4) is 0 Å². The number of hydrogen-bond acceptors (Lipinski definition) is 4. The van der Waals surface area contributed by atoms with Gasteiger partial charge in [-0.05, 0) is 6.07 Å². The van der Waals surface area contributed by atoms with E-state index in [0.29, 0.717) is 5.69 Å². The third-order valence-electron chi connectivity index (χ3n) is 1.67. The molecule has 0 spiro atoms. The van der Waals surface area contributed by atoms with Crippen molar-refractivity contribution in [1.82, 2.24) is 15.5 Å². The summed E-state index contributed by atoms with van der Waals surface area (Å²) in [5.41, 5.74) is 0.382. The zero-order chi connectivity index (χ0) is 13.6. The molecule has 0 aliphatic heterocycles. The van der Waals surface area contributed by atoms with Gasteiger partial charge in [-0.3, -0.25) is 4.79 Å². The molecule has 0 aliphatic rings. The summed E-state index contributed by atoms with van der Waals surface area (Å²) >= 11 is 5.25. The summed E-state index contributed by atoms with van der Waals surface area (Å²) in [4.78, 5) is 10.8. The van der Waals surface area contributed by atoms with Crippen molar-refractivity contribution >= 4 is 17.5 Å². The monoisotopic (exact) mass is 283 g/mol. The number of aromatic nitrogens is 2. The minimum absolute atomic E-state index is 0.0953. The average Bonchev–Trinajstić information content (AvgIpc) is 2.33. The number of ether oxygens (including phenoxy) is 1. The number of rotatable bonds is 5. The molecule has 0 fully saturated rings. The predicted octanol–water partition coefficient (Wildman–Crippen LogP) is 1.27. The van der Waals surface area contributed by atoms with Gasteiger partial charge in [-0.2, -0.15) is 18.3 Å². The summed E-state index contributed by atoms with van der Waals surface area (Å²) < 4.78 is 39.9. The first-order chi connectivity index (χ1) is 8.40. The van der Waals surface area contributed by atoms with E-state index in [1.165, 1.54) is 12.1 Å². The van der Waals surface area contributed by atoms with Crippen molar-refractivity contribution in [3.8, 4) is 5.88 Å². The fourth-order valence-corrected chi connectivity index (χ4v) is 1.01. The van der Waals surface area contributed by atoms with Crippen molar-refractivity contribution < 1.29 is 22.7 Å². The van der Waals surface area contributed by atoms with E-state index >= 15 is 0 Å². The Balaban J connectivity index is 2.45. The van der Waals surface area contributed by atoms with Crippen LogP contribution < -0.4 is 10.1 Å². The number of hydrogen-bond donors (Lipinski definition) is 1. The summed E-state index contributed by atoms with van der Waals surface area (Å²) in [7, 11) is 0. The molecule has 5 nitrogen and oxygen atoms in total. The fourth-order valence-electron chi connectivity index (χ4n) is 0.911. The van der Waals surface area contributed by atoms with Gasteiger partial charge in [-0.15, -0.1) is 16.7 Å². The van der Waals surface area contributed by atoms with Crippen molar-refractivity contribution in [2.75, 3.05) is 12.5 Å². The normalized spacial score (nSPS) is 11.1. The standard InChI is InChI=1S/C9H9ClF3N3O2/c10-3-7(17)14-4-6-1-2-8(16-15-6)18-5-9(11,12)13/h1-2H,3-5H2,(H,14,17). The summed E-state index contributed by atoms with van der Waals surface area (Å²) in [6, 6.07) is 2.63. The first kappa shape index (κ1) is 14.5. The van der Waals surface area contributed by atoms with Gasteiger partial charge in [0.15, 0.2) is 6.61 Å². The van der Waals surface area contributed by atoms with Crippen molar-refractivity contribution in [3.63, 3.8) is 0 Å². The average molecular weight is 284 g/mol. The molecule has 1 aromatic rings. The van der Waals surface area contributed by atoms with Crippen molar-refractivity contribution in [2.45, 2.75) is 12.7 Å². The van der Waals surface area contributed by atoms with Gasteiger partial charge < -0.3 is 10.1 Å². The maximum atomic E-state index is 11.8. The van der Waals surface area contributed by atoms with E-state index in [0.717, 1.165) is 0 Å². The summed E-state index contributed by atoms with van der Waals surface area (Å²) in [6.07, 6.45) is -4.42. The highest BCUT2D eigenvalue weighted by Crippen LogP contribution is 2.16. The zero-order valence-corrected chi connectivity index (χ0v) is 9.75. The SMILES string of the molecule is O=C(CCl)NCc1ccc(OCC(F)(F)F)nn1. The molecule has 0 atom stereocenters. The highest BCUT2D eigenvalue weighted by atomic mass is 35.5. The molecular formula is C9H9ClF3N3O2. The lowest BCUT2D eigenvalue weighted by Gasteiger charge is -2.08. The number of halogens is 4. The molecule has 0 saturated carbocycles. The van der Waals surface area contributed by atoms with E-state index < -0.39 is 12.8 Å². The fraction of sp³-hybridized carbons (Fsp3) is 0.444. The van der Waals surface area contributed by atoms with Crippen LogP contribution in [0.25, 0.3) is 0 Å². The number of nitrogens with zero attached hydrogens (tertiary/aromatic N) is 2. The number of amides is 1. The zero-order valence-electron chi connectivity index (χ0n) is 9.00. The summed E-state index contributed by atoms with van der Waals surface area (Å²) in [5, 5.41) is 9.44. The first-order valence-corrected chi connectivity index (χ1v) is 5.29. The molecule has 100 valence electrons. The lowest BCUT2D eigenvalue weighted by atomic mass is 10.4. The molecule has 18 heavy (non-hydrogen) atoms. The van der Waals surface area contributed by atoms with Crippen LogP contribution in [0, 0.1) is 0 Å². The van der Waals surface area contributed by atoms with Gasteiger partial charge >= 0.3 is 6.18 Å². The highest BCUT2D eigenvalue weighted by Gasteiger charge is 2.28. The third-order valence-corrected chi connectivity index (χ3v) is 1.91. The second-order valence-electron chi connectivity index (χ2n) is 3.18. The van der Waals surface area contributed by atoms with Crippen LogP contribution in [0.4, 0.5) is 13.2 Å². The van der Waals surface area contributed by atoms with Gasteiger partial charge in [0, 0.05) is 6.07 Å². The second kappa shape index (κ2) is 6.39. The van der Waals surface area contributed by atoms with Crippen LogP contribution in [-0.4, -0.2) is 34.8 Å². The topological polar surface area (TPSA) is 64.1 Å². The quantitative estimate of drug-likeness (QED) is 0.827. The molecule has 0 unspecified atom stereocenters. The molecule has 1 amide bonds. The molecule has 9 heteroatoms. The minimum atomic E-state index is -4.42. The Morgan fingerprint density at radius 1 is 1.39 bits per heavy atom. The molecule has 1 heterocycles. The number of alkyl halides is 4. The Labute approximate surface area is 105 Å². The van der Waals surface area contributed by atoms with Gasteiger partial charge in [0.25, 0.3) is 0 Å². The first-order valence-electron chi connectivity index (χ1n) is 4.75. The van der Waals surface area contributed by atoms with Crippen LogP contribution in [0.2, 0.25) is 0 Å². The van der Waals surface area contributed by atoms with E-state index in [4.69, 9.17) is 11.6 Å². The molecular weight excluding hydrogens is 275 g/mol. The van der Waals surface area contributed by atoms with Gasteiger partial charge in [-0.25, -0.2) is 0 Å². The maximum Gasteiger partial charge on any atom is 0.422 e. The van der Waals surface area contributed by atoms with Crippen LogP contribution in [-0.2, 0) is 11.3 Å². The second-order valence-corrected chi connectivity index (χ2v) is 3.44. The van der Waals surface area contributed by atoms with Crippen LogP contribution >= 0.6 is 11.6 Å². The molecule has 0 aliphatic carbocycles. The molecule has 0 saturated heterocycles. The van der Waals surface area contributed by atoms with E-state index in [9.17, 15) is 18.0 Å². The molecule has 1 N–H and O–H groups in total. The van der Waals surface area contributed by atoms with Gasteiger partial charge in [0.2, 0.25) is 11.8 Å². The molecule has 1 rings (SSSR count). The smallest absolute Gasteiger partial charge is 0.422 e. The predicted molar refractivity (Wildman–Crippen MR) is 56.1 cm³/mol. The number of carbonyl (C=O) groups is 1. The van der Waals surface area contributed by atoms with E-state index in [1.54, 1.807) is 0 Å². The van der Waals surface area contributed by atoms with Crippen molar-refractivity contribution in [3.05, 3.63) is 17.8 Å². The van der Waals surface area contributed by atoms with Crippen molar-refractivity contribution in [2.24, 2.45) is 0 Å². The van der Waals surface area contributed by atoms with E-state index in [1.807, 2.05) is 0 Å². The van der Waals surface area contributed by atoms with Crippen LogP contribution in [0.5, 0.6) is 5.88 Å². The van der Waals surface area contributed by atoms with E-state index in [-0.39, 0.29) is 24.2 Å². The van der Waals surface area contributed by atoms with Gasteiger partial charge in [-0.1, -0.05) is 0 Å². The van der Waals surface area contributed by atoms with Gasteiger partial charge in [0.05, 0.1) is 12.2 Å². The summed E-state index contributed by atoms with van der Waals surface area (Å²) in [5.74, 6) is -0.796. The highest BCUT2D eigenvalue weighted by molar-refractivity contribution is 6.27. The Kier molecular flexibility index (Phi) is 5.14. The van der Waals surface area contributed by atoms with Crippen LogP contribution in [0.1, 0.15) is 5.69 Å². The lowest BCUT2D eigenvalue weighted by molar-refractivity contribution is -0.154. The molecule has 0 bridgehead atoms. The number of carbonyl (C=O) groups excluding carboxylic acids is 1. The Morgan fingerprint density at radius 3 is 2.61 bits per heavy atom.